The highest BCUT2D eigenvalue weighted by Crippen LogP contribution is 2.33. The summed E-state index contributed by atoms with van der Waals surface area (Å²) in [5, 5.41) is 28.4. The second-order valence-corrected chi connectivity index (χ2v) is 5.14. The van der Waals surface area contributed by atoms with Crippen LogP contribution in [0.5, 0.6) is 11.5 Å². The summed E-state index contributed by atoms with van der Waals surface area (Å²) in [5.41, 5.74) is 1.50. The minimum Gasteiger partial charge on any atom is -0.504 e. The number of hydrazone groups is 1. The first kappa shape index (κ1) is 17.3. The molecule has 1 heterocycles. The van der Waals surface area contributed by atoms with Crippen LogP contribution in [-0.2, 0) is 4.79 Å². The van der Waals surface area contributed by atoms with Gasteiger partial charge >= 0.3 is 0 Å². The smallest absolute Gasteiger partial charge is 0.273 e. The topological polar surface area (TPSA) is 126 Å². The fourth-order valence-corrected chi connectivity index (χ4v) is 2.54. The molecule has 0 spiro atoms. The minimum atomic E-state index is -0.832. The summed E-state index contributed by atoms with van der Waals surface area (Å²) >= 11 is 0. The lowest BCUT2D eigenvalue weighted by Gasteiger charge is -2.29. The van der Waals surface area contributed by atoms with Gasteiger partial charge in [-0.25, -0.2) is 10.1 Å². The van der Waals surface area contributed by atoms with Crippen molar-refractivity contribution in [1.82, 2.24) is 10.6 Å². The van der Waals surface area contributed by atoms with E-state index in [1.165, 1.54) is 13.0 Å². The molecular weight excluding hydrogens is 316 g/mol. The monoisotopic (exact) mass is 334 g/mol. The Balaban J connectivity index is 2.51. The van der Waals surface area contributed by atoms with E-state index in [-0.39, 0.29) is 23.2 Å². The number of guanidine groups is 1. The van der Waals surface area contributed by atoms with Crippen LogP contribution in [0.1, 0.15) is 32.4 Å². The normalized spacial score (nSPS) is 18.8. The molecule has 0 saturated carbocycles. The molecular formula is C15H18N4O5. The molecule has 0 aliphatic carbocycles. The molecule has 3 N–H and O–H groups in total. The van der Waals surface area contributed by atoms with E-state index < -0.39 is 11.1 Å². The summed E-state index contributed by atoms with van der Waals surface area (Å²) in [6.45, 7) is 5.19. The van der Waals surface area contributed by atoms with Crippen LogP contribution in [0.3, 0.4) is 0 Å². The number of ether oxygens (including phenoxy) is 1. The second kappa shape index (κ2) is 6.99. The molecule has 0 fully saturated rings. The molecule has 1 aliphatic rings. The van der Waals surface area contributed by atoms with Gasteiger partial charge in [0.05, 0.1) is 12.6 Å². The van der Waals surface area contributed by atoms with Gasteiger partial charge in [0.1, 0.15) is 5.10 Å². The van der Waals surface area contributed by atoms with Gasteiger partial charge in [-0.1, -0.05) is 6.07 Å². The Morgan fingerprint density at radius 1 is 1.50 bits per heavy atom. The van der Waals surface area contributed by atoms with Crippen LogP contribution in [0.25, 0.3) is 0 Å². The van der Waals surface area contributed by atoms with E-state index in [0.717, 1.165) is 0 Å². The zero-order valence-corrected chi connectivity index (χ0v) is 13.5. The van der Waals surface area contributed by atoms with Crippen LogP contribution in [0.15, 0.2) is 34.6 Å². The van der Waals surface area contributed by atoms with Crippen molar-refractivity contribution < 1.29 is 19.7 Å². The number of Topliss-reactive ketones (excluding diaryl/α,β-unsaturated/α-hetero) is 1. The van der Waals surface area contributed by atoms with E-state index in [4.69, 9.17) is 4.74 Å². The molecule has 128 valence electrons. The van der Waals surface area contributed by atoms with Crippen molar-refractivity contribution in [3.05, 3.63) is 45.1 Å². The molecule has 9 heteroatoms. The minimum absolute atomic E-state index is 0.0289. The van der Waals surface area contributed by atoms with Crippen molar-refractivity contribution >= 4 is 11.7 Å². The van der Waals surface area contributed by atoms with Gasteiger partial charge in [0.2, 0.25) is 0 Å². The number of aromatic hydroxyl groups is 1. The number of hydrogen-bond acceptors (Lipinski definition) is 5. The molecule has 0 radical (unpaired) electrons. The predicted octanol–water partition coefficient (Wildman–Crippen LogP) is 1.44. The van der Waals surface area contributed by atoms with Crippen LogP contribution in [0.2, 0.25) is 0 Å². The Labute approximate surface area is 138 Å². The summed E-state index contributed by atoms with van der Waals surface area (Å²) in [6, 6.07) is 3.99. The average molecular weight is 334 g/mol. The van der Waals surface area contributed by atoms with Crippen LogP contribution in [0, 0.1) is 10.1 Å². The third-order valence-electron chi connectivity index (χ3n) is 3.46. The molecule has 24 heavy (non-hydrogen) atoms. The first-order chi connectivity index (χ1) is 11.3. The standard InChI is InChI=1S/C15H18N4O5/c1-4-24-12-7-10(5-6-11(12)21)14-13(9(3)20)8(2)16-15(17-14)18-19(22)23/h5-7,14,21H,4H2,1-3H3,(H2,16,17,18)/t14-/m1/s1. The maximum absolute atomic E-state index is 12.0. The Kier molecular flexibility index (Phi) is 5.02. The molecule has 9 nitrogen and oxygen atoms in total. The van der Waals surface area contributed by atoms with Gasteiger partial charge in [0.25, 0.3) is 5.96 Å². The lowest BCUT2D eigenvalue weighted by molar-refractivity contribution is -0.485. The molecule has 1 aromatic rings. The number of nitrogens with zero attached hydrogens (tertiary/aromatic N) is 2. The Hall–Kier alpha value is -3.10. The molecule has 1 aromatic carbocycles. The summed E-state index contributed by atoms with van der Waals surface area (Å²) in [4.78, 5) is 22.6. The zero-order valence-electron chi connectivity index (χ0n) is 13.5. The number of phenolic OH excluding ortho intramolecular Hbond substituents is 1. The number of benzene rings is 1. The molecule has 0 saturated heterocycles. The van der Waals surface area contributed by atoms with Gasteiger partial charge in [-0.3, -0.25) is 4.79 Å². The van der Waals surface area contributed by atoms with Gasteiger partial charge < -0.3 is 20.5 Å². The van der Waals surface area contributed by atoms with E-state index in [0.29, 0.717) is 23.4 Å². The maximum Gasteiger partial charge on any atom is 0.273 e. The molecule has 0 bridgehead atoms. The maximum atomic E-state index is 12.0. The zero-order chi connectivity index (χ0) is 17.9. The number of carbonyl (C=O) groups is 1. The number of nitro groups is 1. The number of carbonyl (C=O) groups excluding carboxylic acids is 1. The van der Waals surface area contributed by atoms with Gasteiger partial charge in [0, 0.05) is 11.3 Å². The largest absolute Gasteiger partial charge is 0.504 e. The second-order valence-electron chi connectivity index (χ2n) is 5.14. The van der Waals surface area contributed by atoms with E-state index in [9.17, 15) is 20.0 Å². The average Bonchev–Trinajstić information content (AvgIpc) is 2.48. The summed E-state index contributed by atoms with van der Waals surface area (Å²) < 4.78 is 5.35. The molecule has 1 atom stereocenters. The van der Waals surface area contributed by atoms with Gasteiger partial charge in [-0.15, -0.1) is 0 Å². The molecule has 0 amide bonds. The molecule has 0 unspecified atom stereocenters. The van der Waals surface area contributed by atoms with Crippen molar-refractivity contribution in [2.24, 2.45) is 5.10 Å². The number of hydrogen-bond donors (Lipinski definition) is 3. The van der Waals surface area contributed by atoms with Crippen molar-refractivity contribution in [1.29, 1.82) is 0 Å². The Morgan fingerprint density at radius 3 is 2.79 bits per heavy atom. The highest BCUT2D eigenvalue weighted by Gasteiger charge is 2.30. The number of nitrogens with one attached hydrogen (secondary N) is 2. The lowest BCUT2D eigenvalue weighted by Crippen LogP contribution is -2.46. The van der Waals surface area contributed by atoms with Crippen molar-refractivity contribution in [2.75, 3.05) is 6.61 Å². The first-order valence-electron chi connectivity index (χ1n) is 7.27. The molecule has 1 aliphatic heterocycles. The van der Waals surface area contributed by atoms with E-state index in [1.807, 2.05) is 0 Å². The van der Waals surface area contributed by atoms with E-state index in [1.54, 1.807) is 26.0 Å². The SMILES string of the molecule is CCOc1cc([C@H]2N/C(=N\[N+](=O)[O-])NC(C)=C2C(C)=O)ccc1O. The molecule has 2 rings (SSSR count). The summed E-state index contributed by atoms with van der Waals surface area (Å²) in [7, 11) is 0. The number of ketones is 1. The van der Waals surface area contributed by atoms with Crippen molar-refractivity contribution in [3.8, 4) is 11.5 Å². The third-order valence-corrected chi connectivity index (χ3v) is 3.46. The number of allylic oxidation sites excluding steroid dienone is 1. The van der Waals surface area contributed by atoms with Crippen LogP contribution < -0.4 is 15.4 Å². The van der Waals surface area contributed by atoms with Crippen molar-refractivity contribution in [2.45, 2.75) is 26.8 Å². The Bertz CT molecular complexity index is 741. The Morgan fingerprint density at radius 2 is 2.21 bits per heavy atom. The van der Waals surface area contributed by atoms with Gasteiger partial charge in [0.15, 0.2) is 22.3 Å². The van der Waals surface area contributed by atoms with Crippen molar-refractivity contribution in [3.63, 3.8) is 0 Å². The fourth-order valence-electron chi connectivity index (χ4n) is 2.54. The van der Waals surface area contributed by atoms with Gasteiger partial charge in [-0.2, -0.15) is 0 Å². The van der Waals surface area contributed by atoms with E-state index >= 15 is 0 Å². The summed E-state index contributed by atoms with van der Waals surface area (Å²) in [6.07, 6.45) is 0. The lowest BCUT2D eigenvalue weighted by atomic mass is 9.93. The molecule has 0 aromatic heterocycles. The first-order valence-corrected chi connectivity index (χ1v) is 7.27. The third kappa shape index (κ3) is 3.62. The summed E-state index contributed by atoms with van der Waals surface area (Å²) in [5.74, 6) is -0.0235. The van der Waals surface area contributed by atoms with Crippen LogP contribution in [-0.4, -0.2) is 28.5 Å². The van der Waals surface area contributed by atoms with Crippen LogP contribution >= 0.6 is 0 Å². The number of rotatable bonds is 5. The van der Waals surface area contributed by atoms with Crippen LogP contribution in [0.4, 0.5) is 0 Å². The van der Waals surface area contributed by atoms with Gasteiger partial charge in [-0.05, 0) is 38.5 Å². The highest BCUT2D eigenvalue weighted by atomic mass is 16.7. The highest BCUT2D eigenvalue weighted by molar-refractivity contribution is 5.99. The fraction of sp³-hybridized carbons (Fsp3) is 0.333. The number of phenols is 1. The predicted molar refractivity (Wildman–Crippen MR) is 86.1 cm³/mol. The van der Waals surface area contributed by atoms with E-state index in [2.05, 4.69) is 15.7 Å². The quantitative estimate of drug-likeness (QED) is 0.549.